The van der Waals surface area contributed by atoms with E-state index in [0.717, 1.165) is 6.08 Å². The van der Waals surface area contributed by atoms with Crippen LogP contribution in [0.2, 0.25) is 0 Å². The van der Waals surface area contributed by atoms with Crippen LogP contribution >= 0.6 is 0 Å². The number of amides is 1. The van der Waals surface area contributed by atoms with Gasteiger partial charge >= 0.3 is 7.12 Å². The average Bonchev–Trinajstić information content (AvgIpc) is 2.36. The summed E-state index contributed by atoms with van der Waals surface area (Å²) in [6.45, 7) is 3.22. The second-order valence-electron chi connectivity index (χ2n) is 3.27. The summed E-state index contributed by atoms with van der Waals surface area (Å²) in [7, 11) is -1.12. The molecule has 0 unspecified atom stereocenters. The van der Waals surface area contributed by atoms with Crippen molar-refractivity contribution in [2.45, 2.75) is 0 Å². The highest BCUT2D eigenvalue weighted by molar-refractivity contribution is 6.60. The van der Waals surface area contributed by atoms with Gasteiger partial charge in [0.1, 0.15) is 0 Å². The number of carbonyl (C=O) groups excluding carboxylic acids is 1. The zero-order valence-corrected chi connectivity index (χ0v) is 9.30. The van der Waals surface area contributed by atoms with E-state index in [-0.39, 0.29) is 19.1 Å². The predicted molar refractivity (Wildman–Crippen MR) is 65.9 cm³/mol. The summed E-state index contributed by atoms with van der Waals surface area (Å²) >= 11 is 0. The van der Waals surface area contributed by atoms with Crippen LogP contribution in [0.1, 0.15) is 0 Å². The molecule has 0 radical (unpaired) electrons. The Morgan fingerprint density at radius 1 is 1.59 bits per heavy atom. The number of rotatable bonds is 6. The SMILES string of the molecule is C=CC(=O)Nc1cccc(B(O)OCCO)c1. The Balaban J connectivity index is 2.71. The van der Waals surface area contributed by atoms with Gasteiger partial charge in [-0.15, -0.1) is 0 Å². The molecule has 17 heavy (non-hydrogen) atoms. The summed E-state index contributed by atoms with van der Waals surface area (Å²) < 4.78 is 4.94. The number of anilines is 1. The Morgan fingerprint density at radius 2 is 2.35 bits per heavy atom. The fourth-order valence-corrected chi connectivity index (χ4v) is 1.22. The van der Waals surface area contributed by atoms with Gasteiger partial charge < -0.3 is 20.1 Å². The van der Waals surface area contributed by atoms with E-state index in [2.05, 4.69) is 11.9 Å². The van der Waals surface area contributed by atoms with Gasteiger partial charge in [0, 0.05) is 5.69 Å². The summed E-state index contributed by atoms with van der Waals surface area (Å²) in [6, 6.07) is 6.61. The largest absolute Gasteiger partial charge is 0.491 e. The Bertz CT molecular complexity index is 397. The Hall–Kier alpha value is -1.63. The number of carbonyl (C=O) groups is 1. The molecule has 0 heterocycles. The van der Waals surface area contributed by atoms with Gasteiger partial charge in [0.2, 0.25) is 5.91 Å². The van der Waals surface area contributed by atoms with Crippen LogP contribution in [0, 0.1) is 0 Å². The molecule has 0 aliphatic carbocycles. The third kappa shape index (κ3) is 4.40. The summed E-state index contributed by atoms with van der Waals surface area (Å²) in [5.41, 5.74) is 1.04. The second kappa shape index (κ2) is 6.85. The van der Waals surface area contributed by atoms with Crippen LogP contribution in [0.5, 0.6) is 0 Å². The molecular formula is C11H14BNO4. The van der Waals surface area contributed by atoms with E-state index < -0.39 is 7.12 Å². The highest BCUT2D eigenvalue weighted by Crippen LogP contribution is 2.04. The van der Waals surface area contributed by atoms with Crippen molar-refractivity contribution in [2.75, 3.05) is 18.5 Å². The van der Waals surface area contributed by atoms with Gasteiger partial charge in [-0.3, -0.25) is 4.79 Å². The molecule has 0 bridgehead atoms. The van der Waals surface area contributed by atoms with Crippen molar-refractivity contribution in [3.05, 3.63) is 36.9 Å². The lowest BCUT2D eigenvalue weighted by molar-refractivity contribution is -0.111. The minimum Gasteiger partial charge on any atom is -0.423 e. The maximum atomic E-state index is 11.1. The van der Waals surface area contributed by atoms with Crippen molar-refractivity contribution in [3.8, 4) is 0 Å². The van der Waals surface area contributed by atoms with Crippen LogP contribution in [-0.4, -0.2) is 36.4 Å². The first-order valence-corrected chi connectivity index (χ1v) is 5.11. The molecule has 1 aromatic rings. The lowest BCUT2D eigenvalue weighted by Gasteiger charge is -2.09. The van der Waals surface area contributed by atoms with E-state index in [9.17, 15) is 9.82 Å². The van der Waals surface area contributed by atoms with Crippen LogP contribution in [0.25, 0.3) is 0 Å². The lowest BCUT2D eigenvalue weighted by Crippen LogP contribution is -2.34. The van der Waals surface area contributed by atoms with Gasteiger partial charge in [0.25, 0.3) is 0 Å². The topological polar surface area (TPSA) is 78.8 Å². The third-order valence-electron chi connectivity index (χ3n) is 1.99. The molecule has 0 aliphatic rings. The second-order valence-corrected chi connectivity index (χ2v) is 3.27. The minimum absolute atomic E-state index is 0.0460. The maximum absolute atomic E-state index is 11.1. The van der Waals surface area contributed by atoms with E-state index in [0.29, 0.717) is 11.2 Å². The molecule has 0 saturated carbocycles. The summed E-state index contributed by atoms with van der Waals surface area (Å²) in [6.07, 6.45) is 1.16. The maximum Gasteiger partial charge on any atom is 0.491 e. The number of hydrogen-bond donors (Lipinski definition) is 3. The van der Waals surface area contributed by atoms with E-state index in [4.69, 9.17) is 9.76 Å². The Labute approximate surface area is 99.9 Å². The number of nitrogens with one attached hydrogen (secondary N) is 1. The molecule has 1 aromatic carbocycles. The highest BCUT2D eigenvalue weighted by Gasteiger charge is 2.16. The molecule has 3 N–H and O–H groups in total. The van der Waals surface area contributed by atoms with Crippen molar-refractivity contribution in [1.29, 1.82) is 0 Å². The molecular weight excluding hydrogens is 221 g/mol. The fraction of sp³-hybridized carbons (Fsp3) is 0.182. The summed E-state index contributed by atoms with van der Waals surface area (Å²) in [5.74, 6) is -0.326. The number of aliphatic hydroxyl groups excluding tert-OH is 1. The zero-order valence-electron chi connectivity index (χ0n) is 9.30. The average molecular weight is 235 g/mol. The quantitative estimate of drug-likeness (QED) is 0.459. The molecule has 5 nitrogen and oxygen atoms in total. The van der Waals surface area contributed by atoms with Crippen LogP contribution in [0.4, 0.5) is 5.69 Å². The Kier molecular flexibility index (Phi) is 5.42. The van der Waals surface area contributed by atoms with Gasteiger partial charge in [-0.1, -0.05) is 18.7 Å². The first kappa shape index (κ1) is 13.4. The van der Waals surface area contributed by atoms with Crippen molar-refractivity contribution in [1.82, 2.24) is 0 Å². The van der Waals surface area contributed by atoms with E-state index >= 15 is 0 Å². The zero-order chi connectivity index (χ0) is 12.7. The number of aliphatic hydroxyl groups is 1. The molecule has 0 atom stereocenters. The van der Waals surface area contributed by atoms with Gasteiger partial charge in [0.15, 0.2) is 0 Å². The van der Waals surface area contributed by atoms with Gasteiger partial charge in [-0.25, -0.2) is 0 Å². The lowest BCUT2D eigenvalue weighted by atomic mass is 9.79. The van der Waals surface area contributed by atoms with Gasteiger partial charge in [-0.2, -0.15) is 0 Å². The molecule has 0 spiro atoms. The van der Waals surface area contributed by atoms with Crippen molar-refractivity contribution >= 4 is 24.2 Å². The normalized spacial score (nSPS) is 9.76. The predicted octanol–water partition coefficient (Wildman–Crippen LogP) is -0.493. The van der Waals surface area contributed by atoms with Crippen molar-refractivity contribution < 1.29 is 19.6 Å². The van der Waals surface area contributed by atoms with Crippen molar-refractivity contribution in [3.63, 3.8) is 0 Å². The smallest absolute Gasteiger partial charge is 0.423 e. The summed E-state index contributed by atoms with van der Waals surface area (Å²) in [4.78, 5) is 11.1. The molecule has 0 aromatic heterocycles. The molecule has 1 amide bonds. The van der Waals surface area contributed by atoms with Crippen LogP contribution < -0.4 is 10.8 Å². The molecule has 6 heteroatoms. The number of benzene rings is 1. The van der Waals surface area contributed by atoms with E-state index in [1.165, 1.54) is 0 Å². The molecule has 0 aliphatic heterocycles. The molecule has 90 valence electrons. The van der Waals surface area contributed by atoms with Crippen LogP contribution in [-0.2, 0) is 9.45 Å². The van der Waals surface area contributed by atoms with E-state index in [1.54, 1.807) is 24.3 Å². The first-order valence-electron chi connectivity index (χ1n) is 5.11. The third-order valence-corrected chi connectivity index (χ3v) is 1.99. The van der Waals surface area contributed by atoms with Crippen LogP contribution in [0.3, 0.4) is 0 Å². The number of hydrogen-bond acceptors (Lipinski definition) is 4. The fourth-order valence-electron chi connectivity index (χ4n) is 1.22. The highest BCUT2D eigenvalue weighted by atomic mass is 16.5. The van der Waals surface area contributed by atoms with Gasteiger partial charge in [0.05, 0.1) is 13.2 Å². The monoisotopic (exact) mass is 235 g/mol. The molecule has 0 fully saturated rings. The Morgan fingerprint density at radius 3 is 3.00 bits per heavy atom. The van der Waals surface area contributed by atoms with E-state index in [1.807, 2.05) is 0 Å². The first-order chi connectivity index (χ1) is 8.17. The molecule has 1 rings (SSSR count). The van der Waals surface area contributed by atoms with Gasteiger partial charge in [-0.05, 0) is 23.7 Å². The van der Waals surface area contributed by atoms with Crippen LogP contribution in [0.15, 0.2) is 36.9 Å². The summed E-state index contributed by atoms with van der Waals surface area (Å²) in [5, 5.41) is 20.7. The van der Waals surface area contributed by atoms with Crippen molar-refractivity contribution in [2.24, 2.45) is 0 Å². The molecule has 0 saturated heterocycles. The standard InChI is InChI=1S/C11H14BNO4/c1-2-11(15)13-10-5-3-4-9(8-10)12(16)17-7-6-14/h2-5,8,14,16H,1,6-7H2,(H,13,15). The minimum atomic E-state index is -1.12.